The van der Waals surface area contributed by atoms with Crippen molar-refractivity contribution in [1.82, 2.24) is 4.90 Å². The fourth-order valence-corrected chi connectivity index (χ4v) is 1.90. The van der Waals surface area contributed by atoms with Crippen molar-refractivity contribution < 1.29 is 4.79 Å². The number of amides is 1. The fourth-order valence-electron chi connectivity index (χ4n) is 1.90. The zero-order chi connectivity index (χ0) is 14.4. The van der Waals surface area contributed by atoms with E-state index < -0.39 is 0 Å². The van der Waals surface area contributed by atoms with E-state index in [1.54, 1.807) is 18.0 Å². The number of rotatable bonds is 4. The van der Waals surface area contributed by atoms with Crippen LogP contribution in [0.15, 0.2) is 60.7 Å². The summed E-state index contributed by atoms with van der Waals surface area (Å²) in [6.07, 6.45) is 3.48. The fraction of sp³-hybridized carbons (Fsp3) is 0.167. The first kappa shape index (κ1) is 14.1. The SMILES string of the molecule is CCN(C)C(=O)/C=C/c1cccc(-c2ccccc2)c1. The normalized spacial score (nSPS) is 10.7. The number of hydrogen-bond donors (Lipinski definition) is 0. The summed E-state index contributed by atoms with van der Waals surface area (Å²) in [5.74, 6) is 0.0256. The van der Waals surface area contributed by atoms with Gasteiger partial charge in [0, 0.05) is 19.7 Å². The Labute approximate surface area is 120 Å². The van der Waals surface area contributed by atoms with Crippen molar-refractivity contribution in [3.8, 4) is 11.1 Å². The highest BCUT2D eigenvalue weighted by molar-refractivity contribution is 5.91. The molecule has 2 heteroatoms. The zero-order valence-corrected chi connectivity index (χ0v) is 11.9. The van der Waals surface area contributed by atoms with Gasteiger partial charge in [0.1, 0.15) is 0 Å². The van der Waals surface area contributed by atoms with Crippen LogP contribution < -0.4 is 0 Å². The van der Waals surface area contributed by atoms with Crippen molar-refractivity contribution >= 4 is 12.0 Å². The molecule has 0 radical (unpaired) electrons. The van der Waals surface area contributed by atoms with E-state index in [1.807, 2.05) is 43.3 Å². The van der Waals surface area contributed by atoms with Crippen molar-refractivity contribution in [1.29, 1.82) is 0 Å². The number of likely N-dealkylation sites (N-methyl/N-ethyl adjacent to an activating group) is 1. The summed E-state index contributed by atoms with van der Waals surface area (Å²) in [6.45, 7) is 2.68. The van der Waals surface area contributed by atoms with Crippen molar-refractivity contribution in [2.24, 2.45) is 0 Å². The van der Waals surface area contributed by atoms with Gasteiger partial charge in [-0.25, -0.2) is 0 Å². The van der Waals surface area contributed by atoms with E-state index in [2.05, 4.69) is 24.3 Å². The van der Waals surface area contributed by atoms with Crippen LogP contribution in [0.5, 0.6) is 0 Å². The van der Waals surface area contributed by atoms with E-state index in [1.165, 1.54) is 5.56 Å². The number of carbonyl (C=O) groups is 1. The van der Waals surface area contributed by atoms with Crippen LogP contribution in [-0.4, -0.2) is 24.4 Å². The molecular weight excluding hydrogens is 246 g/mol. The first-order valence-electron chi connectivity index (χ1n) is 6.79. The molecule has 0 unspecified atom stereocenters. The molecule has 0 bridgehead atoms. The third kappa shape index (κ3) is 3.58. The Morgan fingerprint density at radius 1 is 1.05 bits per heavy atom. The van der Waals surface area contributed by atoms with Crippen LogP contribution in [-0.2, 0) is 4.79 Å². The summed E-state index contributed by atoms with van der Waals surface area (Å²) < 4.78 is 0. The molecule has 0 aliphatic rings. The van der Waals surface area contributed by atoms with E-state index in [0.29, 0.717) is 6.54 Å². The van der Waals surface area contributed by atoms with Gasteiger partial charge < -0.3 is 4.90 Å². The molecule has 2 rings (SSSR count). The molecule has 0 aliphatic heterocycles. The summed E-state index contributed by atoms with van der Waals surface area (Å²) in [7, 11) is 1.80. The van der Waals surface area contributed by atoms with Gasteiger partial charge >= 0.3 is 0 Å². The van der Waals surface area contributed by atoms with Crippen LogP contribution in [0.4, 0.5) is 0 Å². The molecular formula is C18H19NO. The van der Waals surface area contributed by atoms with Gasteiger partial charge in [0.15, 0.2) is 0 Å². The maximum Gasteiger partial charge on any atom is 0.246 e. The molecule has 2 aromatic rings. The Balaban J connectivity index is 2.19. The summed E-state index contributed by atoms with van der Waals surface area (Å²) >= 11 is 0. The minimum absolute atomic E-state index is 0.0256. The lowest BCUT2D eigenvalue weighted by atomic mass is 10.0. The van der Waals surface area contributed by atoms with Gasteiger partial charge in [-0.15, -0.1) is 0 Å². The number of nitrogens with zero attached hydrogens (tertiary/aromatic N) is 1. The number of benzene rings is 2. The molecule has 0 aliphatic carbocycles. The Hall–Kier alpha value is -2.35. The third-order valence-electron chi connectivity index (χ3n) is 3.26. The molecule has 2 aromatic carbocycles. The second-order valence-corrected chi connectivity index (χ2v) is 4.68. The van der Waals surface area contributed by atoms with E-state index in [4.69, 9.17) is 0 Å². The smallest absolute Gasteiger partial charge is 0.246 e. The quantitative estimate of drug-likeness (QED) is 0.769. The predicted molar refractivity (Wildman–Crippen MR) is 84.2 cm³/mol. The zero-order valence-electron chi connectivity index (χ0n) is 11.9. The maximum absolute atomic E-state index is 11.7. The largest absolute Gasteiger partial charge is 0.343 e. The average molecular weight is 265 g/mol. The Bertz CT molecular complexity index is 602. The molecule has 0 atom stereocenters. The second-order valence-electron chi connectivity index (χ2n) is 4.68. The summed E-state index contributed by atoms with van der Waals surface area (Å²) in [5.41, 5.74) is 3.37. The highest BCUT2D eigenvalue weighted by Crippen LogP contribution is 2.20. The van der Waals surface area contributed by atoms with Gasteiger partial charge in [-0.3, -0.25) is 4.79 Å². The van der Waals surface area contributed by atoms with Crippen LogP contribution in [0.1, 0.15) is 12.5 Å². The molecule has 0 heterocycles. The number of carbonyl (C=O) groups excluding carboxylic acids is 1. The molecule has 20 heavy (non-hydrogen) atoms. The Morgan fingerprint density at radius 3 is 2.45 bits per heavy atom. The van der Waals surface area contributed by atoms with Crippen LogP contribution in [0.3, 0.4) is 0 Å². The Kier molecular flexibility index (Phi) is 4.72. The lowest BCUT2D eigenvalue weighted by molar-refractivity contribution is -0.124. The monoisotopic (exact) mass is 265 g/mol. The lowest BCUT2D eigenvalue weighted by Crippen LogP contribution is -2.23. The van der Waals surface area contributed by atoms with Crippen LogP contribution >= 0.6 is 0 Å². The first-order valence-corrected chi connectivity index (χ1v) is 6.79. The van der Waals surface area contributed by atoms with Gasteiger partial charge in [-0.1, -0.05) is 48.5 Å². The highest BCUT2D eigenvalue weighted by atomic mass is 16.2. The third-order valence-corrected chi connectivity index (χ3v) is 3.26. The summed E-state index contributed by atoms with van der Waals surface area (Å²) in [4.78, 5) is 13.4. The van der Waals surface area contributed by atoms with E-state index >= 15 is 0 Å². The first-order chi connectivity index (χ1) is 9.70. The molecule has 2 nitrogen and oxygen atoms in total. The average Bonchev–Trinajstić information content (AvgIpc) is 2.53. The minimum Gasteiger partial charge on any atom is -0.343 e. The molecule has 102 valence electrons. The van der Waals surface area contributed by atoms with Gasteiger partial charge in [-0.2, -0.15) is 0 Å². The number of hydrogen-bond acceptors (Lipinski definition) is 1. The summed E-state index contributed by atoms with van der Waals surface area (Å²) in [5, 5.41) is 0. The van der Waals surface area contributed by atoms with E-state index in [9.17, 15) is 4.79 Å². The van der Waals surface area contributed by atoms with Gasteiger partial charge in [0.2, 0.25) is 5.91 Å². The molecule has 0 saturated heterocycles. The molecule has 0 fully saturated rings. The highest BCUT2D eigenvalue weighted by Gasteiger charge is 2.01. The van der Waals surface area contributed by atoms with Crippen molar-refractivity contribution in [3.63, 3.8) is 0 Å². The molecule has 1 amide bonds. The van der Waals surface area contributed by atoms with Crippen LogP contribution in [0.2, 0.25) is 0 Å². The molecule has 0 aromatic heterocycles. The van der Waals surface area contributed by atoms with Crippen molar-refractivity contribution in [2.45, 2.75) is 6.92 Å². The lowest BCUT2D eigenvalue weighted by Gasteiger charge is -2.10. The summed E-state index contributed by atoms with van der Waals surface area (Å²) in [6, 6.07) is 18.4. The van der Waals surface area contributed by atoms with Gasteiger partial charge in [0.25, 0.3) is 0 Å². The van der Waals surface area contributed by atoms with Crippen LogP contribution in [0.25, 0.3) is 17.2 Å². The Morgan fingerprint density at radius 2 is 1.75 bits per heavy atom. The van der Waals surface area contributed by atoms with Crippen LogP contribution in [0, 0.1) is 0 Å². The standard InChI is InChI=1S/C18H19NO/c1-3-19(2)18(20)13-12-15-8-7-11-17(14-15)16-9-5-4-6-10-16/h4-14H,3H2,1-2H3/b13-12+. The van der Waals surface area contributed by atoms with Crippen molar-refractivity contribution in [3.05, 3.63) is 66.2 Å². The van der Waals surface area contributed by atoms with Crippen molar-refractivity contribution in [2.75, 3.05) is 13.6 Å². The van der Waals surface area contributed by atoms with E-state index in [0.717, 1.165) is 11.1 Å². The minimum atomic E-state index is 0.0256. The second kappa shape index (κ2) is 6.71. The topological polar surface area (TPSA) is 20.3 Å². The predicted octanol–water partition coefficient (Wildman–Crippen LogP) is 3.85. The molecule has 0 saturated carbocycles. The molecule has 0 spiro atoms. The van der Waals surface area contributed by atoms with E-state index in [-0.39, 0.29) is 5.91 Å². The van der Waals surface area contributed by atoms with Gasteiger partial charge in [-0.05, 0) is 35.8 Å². The maximum atomic E-state index is 11.7. The molecule has 0 N–H and O–H groups in total. The van der Waals surface area contributed by atoms with Gasteiger partial charge in [0.05, 0.1) is 0 Å².